The maximum Gasteiger partial charge on any atom is 4.00 e. The second kappa shape index (κ2) is 39.3. The van der Waals surface area contributed by atoms with E-state index in [1.54, 1.807) is 0 Å². The summed E-state index contributed by atoms with van der Waals surface area (Å²) in [5.41, 5.74) is 2.83. The Labute approximate surface area is 539 Å². The number of carboxylic acid groups (broad SMARTS) is 5. The van der Waals surface area contributed by atoms with Gasteiger partial charge in [0.25, 0.3) is 0 Å². The minimum absolute atomic E-state index is 0. The van der Waals surface area contributed by atoms with E-state index in [0.717, 1.165) is 173 Å². The zero-order chi connectivity index (χ0) is 59.3. The SMILES string of the molecule is CCCCC1=[C-]CC=C1.CCCCC1=[C-]CC=C1.O=C([O-])C1CCN2CCCN=C2N1.O=C([O-])C1CCN2CCCN=C2N1.O=C([O-])C1CCN2CCCN=C2N1.O=C([O-])C1CCN2CCCN=C2N1.O=C([O-])C1CCN2CCCN=C2N1.[In+3].[Zr+4]. The number of hydrogen-bond donors (Lipinski definition) is 5. The largest absolute Gasteiger partial charge is 4.00 e. The molecule has 460 valence electrons. The Bertz CT molecular complexity index is 2120. The van der Waals surface area contributed by atoms with Crippen LogP contribution in [0.2, 0.25) is 0 Å². The maximum atomic E-state index is 10.6. The molecule has 5 saturated heterocycles. The number of rotatable bonds is 11. The van der Waals surface area contributed by atoms with Crippen molar-refractivity contribution in [3.63, 3.8) is 0 Å². The molecule has 5 unspecified atom stereocenters. The average Bonchev–Trinajstić information content (AvgIpc) is 4.41. The topological polar surface area (TPSA) is 339 Å². The summed E-state index contributed by atoms with van der Waals surface area (Å²) in [6.07, 6.45) is 33.3. The van der Waals surface area contributed by atoms with E-state index in [2.05, 4.69) is 126 Å². The van der Waals surface area contributed by atoms with Crippen molar-refractivity contribution >= 4 is 85.5 Å². The Balaban J connectivity index is 0.000000213. The number of carbonyl (C=O) groups is 5. The second-order valence-corrected chi connectivity index (χ2v) is 21.6. The molecule has 0 amide bonds. The van der Waals surface area contributed by atoms with E-state index in [4.69, 9.17) is 0 Å². The number of nitrogens with zero attached hydrogens (tertiary/aromatic N) is 10. The molecule has 25 nitrogen and oxygen atoms in total. The zero-order valence-electron chi connectivity index (χ0n) is 49.7. The Kier molecular flexibility index (Phi) is 33.2. The summed E-state index contributed by atoms with van der Waals surface area (Å²) in [5, 5.41) is 67.3. The van der Waals surface area contributed by atoms with Gasteiger partial charge in [-0.2, -0.15) is 12.2 Å². The molecule has 85 heavy (non-hydrogen) atoms. The molecule has 12 rings (SSSR count). The van der Waals surface area contributed by atoms with Crippen molar-refractivity contribution in [1.82, 2.24) is 51.1 Å². The quantitative estimate of drug-likeness (QED) is 0.124. The smallest absolute Gasteiger partial charge is 0.548 e. The molecule has 0 radical (unpaired) electrons. The Hall–Kier alpha value is -5.59. The maximum absolute atomic E-state index is 10.6. The number of unbranched alkanes of at least 4 members (excludes halogenated alkanes) is 2. The molecule has 5 atom stereocenters. The number of allylic oxidation sites excluding steroid dienone is 8. The number of carbonyl (C=O) groups excluding carboxylic acids is 5. The minimum atomic E-state index is -1.03. The number of carboxylic acids is 5. The summed E-state index contributed by atoms with van der Waals surface area (Å²) in [4.78, 5) is 84.5. The van der Waals surface area contributed by atoms with Crippen molar-refractivity contribution < 1.29 is 75.7 Å². The van der Waals surface area contributed by atoms with Gasteiger partial charge in [0.05, 0.1) is 60.1 Å². The van der Waals surface area contributed by atoms with Gasteiger partial charge in [-0.3, -0.25) is 37.1 Å². The van der Waals surface area contributed by atoms with Gasteiger partial charge in [0.2, 0.25) is 0 Å². The fourth-order valence-corrected chi connectivity index (χ4v) is 10.5. The molecule has 0 spiro atoms. The monoisotopic (exact) mass is 1360 g/mol. The standard InChI is InChI=1S/2C9H13.5C8H13N3O2.In.Zr/c2*1-2-3-6-9-7-4-5-8-9;5*12-7(13)6-2-5-11-4-1-3-9-8(11)10-6;;/h2*4,7H,2-3,5-6H2,1H3;5*6H,1-5H2,(H,9,10)(H,12,13);;/q2*-1;;;;;;+3;+4/p-5. The van der Waals surface area contributed by atoms with Gasteiger partial charge < -0.3 is 101 Å². The van der Waals surface area contributed by atoms with Gasteiger partial charge in [0.1, 0.15) is 0 Å². The first-order valence-corrected chi connectivity index (χ1v) is 30.1. The van der Waals surface area contributed by atoms with E-state index < -0.39 is 60.1 Å². The summed E-state index contributed by atoms with van der Waals surface area (Å²) in [6, 6.07) is -2.81. The van der Waals surface area contributed by atoms with Crippen molar-refractivity contribution in [3.8, 4) is 0 Å². The van der Waals surface area contributed by atoms with Gasteiger partial charge in [-0.1, -0.05) is 52.4 Å². The predicted molar refractivity (Wildman–Crippen MR) is 311 cm³/mol. The number of hydrogen-bond acceptors (Lipinski definition) is 25. The van der Waals surface area contributed by atoms with Crippen LogP contribution in [-0.2, 0) is 50.2 Å². The van der Waals surface area contributed by atoms with Crippen molar-refractivity contribution in [2.24, 2.45) is 25.0 Å². The van der Waals surface area contributed by atoms with Crippen LogP contribution < -0.4 is 52.1 Å². The van der Waals surface area contributed by atoms with E-state index in [1.165, 1.54) is 49.7 Å². The van der Waals surface area contributed by atoms with Crippen LogP contribution in [0.4, 0.5) is 0 Å². The van der Waals surface area contributed by atoms with Gasteiger partial charge in [-0.05, 0) is 64.2 Å². The molecule has 10 heterocycles. The summed E-state index contributed by atoms with van der Waals surface area (Å²) in [7, 11) is 0. The molecule has 0 aromatic rings. The molecule has 2 aliphatic carbocycles. The molecular formula is C58H86InN15O10Zr. The van der Waals surface area contributed by atoms with Gasteiger partial charge in [-0.25, -0.2) is 23.3 Å². The third-order valence-corrected chi connectivity index (χ3v) is 15.2. The molecule has 0 saturated carbocycles. The molecule has 0 bridgehead atoms. The third kappa shape index (κ3) is 24.6. The van der Waals surface area contributed by atoms with E-state index in [1.807, 2.05) is 0 Å². The van der Waals surface area contributed by atoms with Crippen LogP contribution in [0.15, 0.2) is 60.4 Å². The third-order valence-electron chi connectivity index (χ3n) is 15.2. The number of aliphatic imine (C=N–C) groups is 5. The van der Waals surface area contributed by atoms with Gasteiger partial charge >= 0.3 is 52.0 Å². The van der Waals surface area contributed by atoms with Crippen molar-refractivity contribution in [2.75, 3.05) is 98.2 Å². The number of fused-ring (bicyclic) bond motifs is 5. The molecule has 0 aromatic carbocycles. The van der Waals surface area contributed by atoms with Crippen molar-refractivity contribution in [3.05, 3.63) is 47.6 Å². The summed E-state index contributed by atoms with van der Waals surface area (Å²) in [5.74, 6) is -1.53. The Morgan fingerprint density at radius 1 is 0.424 bits per heavy atom. The molecule has 12 aliphatic rings. The average molecular weight is 1360 g/mol. The Morgan fingerprint density at radius 3 is 0.824 bits per heavy atom. The summed E-state index contributed by atoms with van der Waals surface area (Å²) >= 11 is 0. The van der Waals surface area contributed by atoms with Crippen molar-refractivity contribution in [1.29, 1.82) is 0 Å². The number of guanidine groups is 5. The van der Waals surface area contributed by atoms with E-state index >= 15 is 0 Å². The first kappa shape index (κ1) is 71.9. The second-order valence-electron chi connectivity index (χ2n) is 21.6. The molecule has 10 aliphatic heterocycles. The summed E-state index contributed by atoms with van der Waals surface area (Å²) < 4.78 is 0. The zero-order valence-corrected chi connectivity index (χ0v) is 55.4. The van der Waals surface area contributed by atoms with Crippen LogP contribution in [0.5, 0.6) is 0 Å². The van der Waals surface area contributed by atoms with Crippen LogP contribution in [0.3, 0.4) is 0 Å². The fourth-order valence-electron chi connectivity index (χ4n) is 10.5. The predicted octanol–water partition coefficient (Wildman–Crippen LogP) is -3.85. The molecule has 0 aromatic heterocycles. The van der Waals surface area contributed by atoms with E-state index in [-0.39, 0.29) is 52.0 Å². The first-order valence-electron chi connectivity index (χ1n) is 30.1. The van der Waals surface area contributed by atoms with Crippen LogP contribution in [0.25, 0.3) is 0 Å². The van der Waals surface area contributed by atoms with E-state index in [9.17, 15) is 49.5 Å². The summed E-state index contributed by atoms with van der Waals surface area (Å²) in [6.45, 7) is 17.1. The number of aliphatic carboxylic acids is 5. The fraction of sp³-hybridized carbons (Fsp3) is 0.690. The molecule has 5 fully saturated rings. The van der Waals surface area contributed by atoms with Gasteiger partial charge in [0, 0.05) is 98.2 Å². The molecular weight excluding hydrogens is 1270 g/mol. The Morgan fingerprint density at radius 2 is 0.647 bits per heavy atom. The first-order chi connectivity index (χ1) is 40.2. The molecule has 27 heteroatoms. The van der Waals surface area contributed by atoms with Gasteiger partial charge in [-0.15, -0.1) is 12.8 Å². The minimum Gasteiger partial charge on any atom is -0.548 e. The van der Waals surface area contributed by atoms with Crippen LogP contribution in [-0.4, -0.2) is 238 Å². The normalized spacial score (nSPS) is 24.3. The van der Waals surface area contributed by atoms with Crippen LogP contribution >= 0.6 is 0 Å². The van der Waals surface area contributed by atoms with Crippen molar-refractivity contribution in [2.45, 2.75) is 160 Å². The van der Waals surface area contributed by atoms with E-state index in [0.29, 0.717) is 32.1 Å². The van der Waals surface area contributed by atoms with Crippen LogP contribution in [0, 0.1) is 12.2 Å². The van der Waals surface area contributed by atoms with Crippen LogP contribution in [0.1, 0.15) is 129 Å². The number of nitrogens with one attached hydrogen (secondary N) is 5. The molecule has 5 N–H and O–H groups in total. The van der Waals surface area contributed by atoms with Gasteiger partial charge in [0.15, 0.2) is 29.8 Å².